The van der Waals surface area contributed by atoms with Crippen LogP contribution in [0.1, 0.15) is 5.76 Å². The fourth-order valence-corrected chi connectivity index (χ4v) is 3.03. The highest BCUT2D eigenvalue weighted by Crippen LogP contribution is 2.37. The summed E-state index contributed by atoms with van der Waals surface area (Å²) in [6.45, 7) is -1.18. The van der Waals surface area contributed by atoms with Crippen LogP contribution in [0, 0.1) is 17.5 Å². The van der Waals surface area contributed by atoms with Gasteiger partial charge in [-0.25, -0.2) is 31.1 Å². The van der Waals surface area contributed by atoms with Crippen LogP contribution in [-0.4, -0.2) is 13.6 Å². The Hall–Kier alpha value is -2.72. The van der Waals surface area contributed by atoms with Gasteiger partial charge in [0.15, 0.2) is 12.4 Å². The molecule has 0 amide bonds. The van der Waals surface area contributed by atoms with E-state index in [1.54, 1.807) is 0 Å². The Bertz CT molecular complexity index is 1080. The molecule has 0 radical (unpaired) electrons. The Labute approximate surface area is 145 Å². The second-order valence-electron chi connectivity index (χ2n) is 5.28. The van der Waals surface area contributed by atoms with E-state index >= 15 is 0 Å². The quantitative estimate of drug-likeness (QED) is 0.695. The molecule has 10 heteroatoms. The van der Waals surface area contributed by atoms with Crippen molar-refractivity contribution in [2.45, 2.75) is 11.6 Å². The number of aromatic nitrogens is 1. The number of sulfonamides is 1. The predicted molar refractivity (Wildman–Crippen MR) is 83.4 cm³/mol. The standard InChI is InChI=1S/C16H10F4N2O3S/c17-7-13-15(16(22-25-13)8-1-3-9(18)4-2-8)10-5-12(20)14(6-11(10)19)26(21,23)24/h1-6H,7H2,(H2,21,23,24). The minimum absolute atomic E-state index is 0.0562. The lowest BCUT2D eigenvalue weighted by Gasteiger charge is -2.08. The van der Waals surface area contributed by atoms with Crippen molar-refractivity contribution in [2.75, 3.05) is 0 Å². The molecule has 0 atom stereocenters. The number of nitrogens with two attached hydrogens (primary N) is 1. The van der Waals surface area contributed by atoms with Crippen LogP contribution in [0.25, 0.3) is 22.4 Å². The Kier molecular flexibility index (Phi) is 4.55. The van der Waals surface area contributed by atoms with Gasteiger partial charge in [-0.15, -0.1) is 0 Å². The molecule has 3 rings (SSSR count). The molecule has 1 heterocycles. The maximum atomic E-state index is 14.5. The van der Waals surface area contributed by atoms with Crippen LogP contribution < -0.4 is 5.14 Å². The molecule has 136 valence electrons. The van der Waals surface area contributed by atoms with Gasteiger partial charge >= 0.3 is 0 Å². The second kappa shape index (κ2) is 6.54. The first-order valence-electron chi connectivity index (χ1n) is 7.05. The van der Waals surface area contributed by atoms with Crippen molar-refractivity contribution in [2.24, 2.45) is 5.14 Å². The summed E-state index contributed by atoms with van der Waals surface area (Å²) in [4.78, 5) is -1.04. The average Bonchev–Trinajstić information content (AvgIpc) is 3.00. The third kappa shape index (κ3) is 3.20. The van der Waals surface area contributed by atoms with Crippen molar-refractivity contribution >= 4 is 10.0 Å². The minimum Gasteiger partial charge on any atom is -0.357 e. The van der Waals surface area contributed by atoms with Gasteiger partial charge in [0.25, 0.3) is 0 Å². The highest BCUT2D eigenvalue weighted by molar-refractivity contribution is 7.89. The summed E-state index contributed by atoms with van der Waals surface area (Å²) < 4.78 is 82.3. The third-order valence-corrected chi connectivity index (χ3v) is 4.53. The van der Waals surface area contributed by atoms with Crippen molar-refractivity contribution in [3.8, 4) is 22.4 Å². The zero-order chi connectivity index (χ0) is 19.1. The number of primary sulfonamides is 1. The van der Waals surface area contributed by atoms with Crippen LogP contribution in [0.4, 0.5) is 17.6 Å². The van der Waals surface area contributed by atoms with Crippen molar-refractivity contribution in [3.63, 3.8) is 0 Å². The molecular weight excluding hydrogens is 376 g/mol. The highest BCUT2D eigenvalue weighted by Gasteiger charge is 2.25. The third-order valence-electron chi connectivity index (χ3n) is 3.60. The summed E-state index contributed by atoms with van der Waals surface area (Å²) in [6, 6.07) is 5.75. The van der Waals surface area contributed by atoms with E-state index in [0.29, 0.717) is 12.1 Å². The smallest absolute Gasteiger partial charge is 0.241 e. The molecule has 2 N–H and O–H groups in total. The molecule has 5 nitrogen and oxygen atoms in total. The van der Waals surface area contributed by atoms with E-state index in [1.807, 2.05) is 0 Å². The molecule has 0 spiro atoms. The van der Waals surface area contributed by atoms with E-state index in [-0.39, 0.29) is 16.8 Å². The average molecular weight is 386 g/mol. The molecule has 0 aliphatic carbocycles. The van der Waals surface area contributed by atoms with Crippen LogP contribution in [0.5, 0.6) is 0 Å². The van der Waals surface area contributed by atoms with E-state index < -0.39 is 50.4 Å². The molecule has 3 aromatic rings. The Morgan fingerprint density at radius 3 is 2.27 bits per heavy atom. The maximum absolute atomic E-state index is 14.5. The van der Waals surface area contributed by atoms with Gasteiger partial charge in [-0.3, -0.25) is 0 Å². The number of nitrogens with zero attached hydrogens (tertiary/aromatic N) is 1. The number of hydrogen-bond donors (Lipinski definition) is 1. The summed E-state index contributed by atoms with van der Waals surface area (Å²) in [5.41, 5.74) is -0.473. The summed E-state index contributed by atoms with van der Waals surface area (Å²) in [7, 11) is -4.49. The molecule has 0 saturated carbocycles. The maximum Gasteiger partial charge on any atom is 0.241 e. The first-order valence-corrected chi connectivity index (χ1v) is 8.59. The van der Waals surface area contributed by atoms with Gasteiger partial charge < -0.3 is 4.52 Å². The zero-order valence-electron chi connectivity index (χ0n) is 12.8. The highest BCUT2D eigenvalue weighted by atomic mass is 32.2. The molecule has 26 heavy (non-hydrogen) atoms. The molecule has 0 bridgehead atoms. The fourth-order valence-electron chi connectivity index (χ4n) is 2.44. The lowest BCUT2D eigenvalue weighted by atomic mass is 9.98. The number of benzene rings is 2. The van der Waals surface area contributed by atoms with Crippen molar-refractivity contribution in [1.82, 2.24) is 5.16 Å². The van der Waals surface area contributed by atoms with Gasteiger partial charge in [-0.1, -0.05) is 5.16 Å². The molecule has 2 aromatic carbocycles. The Balaban J connectivity index is 2.26. The molecule has 0 unspecified atom stereocenters. The van der Waals surface area contributed by atoms with Crippen molar-refractivity contribution < 1.29 is 30.5 Å². The first kappa shape index (κ1) is 18.1. The van der Waals surface area contributed by atoms with Gasteiger partial charge in [0.2, 0.25) is 10.0 Å². The summed E-state index contributed by atoms with van der Waals surface area (Å²) in [5, 5.41) is 8.46. The molecule has 0 aliphatic rings. The number of alkyl halides is 1. The minimum atomic E-state index is -4.49. The number of rotatable bonds is 4. The zero-order valence-corrected chi connectivity index (χ0v) is 13.7. The summed E-state index contributed by atoms with van der Waals surface area (Å²) in [5.74, 6) is -3.43. The Morgan fingerprint density at radius 2 is 1.69 bits per heavy atom. The van der Waals surface area contributed by atoms with Crippen LogP contribution in [0.2, 0.25) is 0 Å². The topological polar surface area (TPSA) is 86.2 Å². The fraction of sp³-hybridized carbons (Fsp3) is 0.0625. The second-order valence-corrected chi connectivity index (χ2v) is 6.81. The molecule has 0 saturated heterocycles. The first-order chi connectivity index (χ1) is 12.2. The molecule has 0 aliphatic heterocycles. The molecule has 1 aromatic heterocycles. The van der Waals surface area contributed by atoms with Crippen LogP contribution >= 0.6 is 0 Å². The van der Waals surface area contributed by atoms with E-state index in [9.17, 15) is 26.0 Å². The van der Waals surface area contributed by atoms with Crippen LogP contribution in [0.3, 0.4) is 0 Å². The predicted octanol–water partition coefficient (Wildman–Crippen LogP) is 3.54. The van der Waals surface area contributed by atoms with Gasteiger partial charge in [-0.05, 0) is 36.4 Å². The monoisotopic (exact) mass is 386 g/mol. The van der Waals surface area contributed by atoms with E-state index in [1.165, 1.54) is 12.1 Å². The van der Waals surface area contributed by atoms with Gasteiger partial charge in [0.05, 0.1) is 5.56 Å². The van der Waals surface area contributed by atoms with Crippen LogP contribution in [0.15, 0.2) is 45.8 Å². The lowest BCUT2D eigenvalue weighted by molar-refractivity contribution is 0.332. The Morgan fingerprint density at radius 1 is 1.04 bits per heavy atom. The number of hydrogen-bond acceptors (Lipinski definition) is 4. The van der Waals surface area contributed by atoms with Gasteiger partial charge in [0.1, 0.15) is 28.0 Å². The SMILES string of the molecule is NS(=O)(=O)c1cc(F)c(-c2c(-c3ccc(F)cc3)noc2CF)cc1F. The van der Waals surface area contributed by atoms with Gasteiger partial charge in [-0.2, -0.15) is 0 Å². The van der Waals surface area contributed by atoms with E-state index in [4.69, 9.17) is 9.66 Å². The van der Waals surface area contributed by atoms with Gasteiger partial charge in [0, 0.05) is 11.1 Å². The largest absolute Gasteiger partial charge is 0.357 e. The normalized spacial score (nSPS) is 11.7. The molecule has 0 fully saturated rings. The van der Waals surface area contributed by atoms with Crippen LogP contribution in [-0.2, 0) is 16.7 Å². The summed E-state index contributed by atoms with van der Waals surface area (Å²) in [6.07, 6.45) is 0. The van der Waals surface area contributed by atoms with E-state index in [0.717, 1.165) is 12.1 Å². The summed E-state index contributed by atoms with van der Waals surface area (Å²) >= 11 is 0. The lowest BCUT2D eigenvalue weighted by Crippen LogP contribution is -2.14. The van der Waals surface area contributed by atoms with Crippen molar-refractivity contribution in [3.05, 3.63) is 59.6 Å². The molecular formula is C16H10F4N2O3S. The van der Waals surface area contributed by atoms with Crippen molar-refractivity contribution in [1.29, 1.82) is 0 Å². The number of halogens is 4. The van der Waals surface area contributed by atoms with E-state index in [2.05, 4.69) is 5.16 Å².